The molecule has 0 radical (unpaired) electrons. The smallest absolute Gasteiger partial charge is 0.234 e. The Morgan fingerprint density at radius 1 is 1.19 bits per heavy atom. The van der Waals surface area contributed by atoms with Crippen molar-refractivity contribution in [1.29, 1.82) is 0 Å². The van der Waals surface area contributed by atoms with Crippen LogP contribution in [-0.2, 0) is 29.3 Å². The summed E-state index contributed by atoms with van der Waals surface area (Å²) in [5.41, 5.74) is 4.33. The molecule has 5 nitrogen and oxygen atoms in total. The minimum Gasteiger partial charge on any atom is -0.325 e. The molecule has 3 rings (SSSR count). The zero-order valence-electron chi connectivity index (χ0n) is 18.3. The Kier molecular flexibility index (Phi) is 9.26. The van der Waals surface area contributed by atoms with Crippen molar-refractivity contribution in [3.05, 3.63) is 82.7 Å². The number of rotatable bonds is 11. The molecule has 168 valence electrons. The van der Waals surface area contributed by atoms with E-state index in [0.29, 0.717) is 6.54 Å². The number of aryl methyl sites for hydroxylation is 2. The zero-order valence-corrected chi connectivity index (χ0v) is 20.7. The monoisotopic (exact) mass is 486 g/mol. The molecule has 1 heterocycles. The topological polar surface area (TPSA) is 59.8 Å². The third-order valence-electron chi connectivity index (χ3n) is 4.86. The molecule has 0 unspecified atom stereocenters. The first-order valence-corrected chi connectivity index (χ1v) is 12.9. The van der Waals surface area contributed by atoms with Crippen LogP contribution in [0.2, 0.25) is 5.02 Å². The molecule has 0 saturated heterocycles. The number of nitrogens with zero attached hydrogens (tertiary/aromatic N) is 3. The van der Waals surface area contributed by atoms with Crippen molar-refractivity contribution in [3.8, 4) is 0 Å². The lowest BCUT2D eigenvalue weighted by molar-refractivity contribution is -0.113. The Bertz CT molecular complexity index is 1070. The highest BCUT2D eigenvalue weighted by atomic mass is 35.5. The van der Waals surface area contributed by atoms with E-state index in [4.69, 9.17) is 11.6 Å². The largest absolute Gasteiger partial charge is 0.325 e. The van der Waals surface area contributed by atoms with Gasteiger partial charge in [-0.05, 0) is 42.2 Å². The number of hydrogen-bond donors (Lipinski definition) is 1. The molecule has 0 saturated carbocycles. The summed E-state index contributed by atoms with van der Waals surface area (Å²) in [5.74, 6) is 2.67. The minimum atomic E-state index is -0.0502. The van der Waals surface area contributed by atoms with Gasteiger partial charge in [0.15, 0.2) is 5.16 Å². The van der Waals surface area contributed by atoms with Crippen LogP contribution in [0.25, 0.3) is 0 Å². The normalized spacial score (nSPS) is 10.8. The summed E-state index contributed by atoms with van der Waals surface area (Å²) in [6, 6.07) is 13.9. The first kappa shape index (κ1) is 24.4. The molecule has 8 heteroatoms. The van der Waals surface area contributed by atoms with Crippen LogP contribution in [0.5, 0.6) is 0 Å². The van der Waals surface area contributed by atoms with Gasteiger partial charge >= 0.3 is 0 Å². The van der Waals surface area contributed by atoms with E-state index in [0.717, 1.165) is 50.7 Å². The van der Waals surface area contributed by atoms with Crippen LogP contribution in [-0.4, -0.2) is 26.4 Å². The predicted molar refractivity (Wildman–Crippen MR) is 137 cm³/mol. The molecule has 3 aromatic rings. The second kappa shape index (κ2) is 12.1. The molecular formula is C24H27ClN4OS2. The molecule has 32 heavy (non-hydrogen) atoms. The fourth-order valence-corrected chi connectivity index (χ4v) is 5.01. The number of nitrogens with one attached hydrogen (secondary N) is 1. The first-order chi connectivity index (χ1) is 15.5. The number of benzene rings is 2. The summed E-state index contributed by atoms with van der Waals surface area (Å²) in [6.07, 6.45) is 2.69. The van der Waals surface area contributed by atoms with Gasteiger partial charge in [0.05, 0.1) is 11.5 Å². The molecular weight excluding hydrogens is 460 g/mol. The fraction of sp³-hybridized carbons (Fsp3) is 0.292. The lowest BCUT2D eigenvalue weighted by atomic mass is 10.1. The van der Waals surface area contributed by atoms with E-state index in [1.165, 1.54) is 17.3 Å². The van der Waals surface area contributed by atoms with Gasteiger partial charge in [0.25, 0.3) is 0 Å². The maximum atomic E-state index is 12.6. The van der Waals surface area contributed by atoms with Crippen molar-refractivity contribution in [2.75, 3.05) is 11.1 Å². The van der Waals surface area contributed by atoms with Crippen molar-refractivity contribution in [2.45, 2.75) is 43.5 Å². The summed E-state index contributed by atoms with van der Waals surface area (Å²) >= 11 is 9.10. The van der Waals surface area contributed by atoms with Crippen molar-refractivity contribution in [2.24, 2.45) is 0 Å². The number of aromatic nitrogens is 3. The third-order valence-corrected chi connectivity index (χ3v) is 7.07. The molecule has 2 aromatic carbocycles. The highest BCUT2D eigenvalue weighted by Gasteiger charge is 2.15. The van der Waals surface area contributed by atoms with E-state index < -0.39 is 0 Å². The molecule has 1 aromatic heterocycles. The summed E-state index contributed by atoms with van der Waals surface area (Å²) in [6.45, 7) is 8.55. The summed E-state index contributed by atoms with van der Waals surface area (Å²) in [4.78, 5) is 12.6. The third kappa shape index (κ3) is 6.64. The standard InChI is InChI=1S/C24H27ClN4OS2/c1-4-13-29-21(15-31-14-18-9-11-20(25)12-10-18)27-28-24(29)32-16-22(30)26-23-17(3)7-6-8-19(23)5-2/h4,6-12H,1,5,13-16H2,2-3H3,(H,26,30). The lowest BCUT2D eigenvalue weighted by Gasteiger charge is -2.13. The predicted octanol–water partition coefficient (Wildman–Crippen LogP) is 6.15. The average molecular weight is 487 g/mol. The number of allylic oxidation sites excluding steroid dienone is 1. The molecule has 1 amide bonds. The Morgan fingerprint density at radius 2 is 1.97 bits per heavy atom. The maximum Gasteiger partial charge on any atom is 0.234 e. The molecule has 0 aliphatic heterocycles. The molecule has 0 aliphatic rings. The maximum absolute atomic E-state index is 12.6. The summed E-state index contributed by atoms with van der Waals surface area (Å²) in [7, 11) is 0. The number of carbonyl (C=O) groups excluding carboxylic acids is 1. The van der Waals surface area contributed by atoms with E-state index >= 15 is 0 Å². The number of amides is 1. The number of carbonyl (C=O) groups is 1. The summed E-state index contributed by atoms with van der Waals surface area (Å²) < 4.78 is 2.02. The van der Waals surface area contributed by atoms with E-state index in [-0.39, 0.29) is 11.7 Å². The van der Waals surface area contributed by atoms with Crippen molar-refractivity contribution in [3.63, 3.8) is 0 Å². The SMILES string of the molecule is C=CCn1c(CSCc2ccc(Cl)cc2)nnc1SCC(=O)Nc1c(C)cccc1CC. The van der Waals surface area contributed by atoms with Crippen LogP contribution < -0.4 is 5.32 Å². The lowest BCUT2D eigenvalue weighted by Crippen LogP contribution is -2.16. The van der Waals surface area contributed by atoms with Gasteiger partial charge in [-0.3, -0.25) is 4.79 Å². The molecule has 0 fully saturated rings. The van der Waals surface area contributed by atoms with Crippen molar-refractivity contribution < 1.29 is 4.79 Å². The van der Waals surface area contributed by atoms with Gasteiger partial charge in [0.2, 0.25) is 5.91 Å². The highest BCUT2D eigenvalue weighted by molar-refractivity contribution is 7.99. The number of para-hydroxylation sites is 1. The second-order valence-corrected chi connectivity index (χ2v) is 9.58. The van der Waals surface area contributed by atoms with Crippen LogP contribution in [0.4, 0.5) is 5.69 Å². The van der Waals surface area contributed by atoms with Gasteiger partial charge in [0, 0.05) is 23.0 Å². The summed E-state index contributed by atoms with van der Waals surface area (Å²) in [5, 5.41) is 13.2. The van der Waals surface area contributed by atoms with E-state index in [1.54, 1.807) is 11.8 Å². The van der Waals surface area contributed by atoms with Crippen LogP contribution >= 0.6 is 35.1 Å². The van der Waals surface area contributed by atoms with Crippen molar-refractivity contribution >= 4 is 46.7 Å². The first-order valence-electron chi connectivity index (χ1n) is 10.4. The fourth-order valence-electron chi connectivity index (χ4n) is 3.19. The quantitative estimate of drug-likeness (QED) is 0.260. The van der Waals surface area contributed by atoms with Gasteiger partial charge in [-0.2, -0.15) is 0 Å². The van der Waals surface area contributed by atoms with Gasteiger partial charge in [-0.15, -0.1) is 28.5 Å². The number of anilines is 1. The van der Waals surface area contributed by atoms with Gasteiger partial charge in [0.1, 0.15) is 5.82 Å². The average Bonchev–Trinajstić information content (AvgIpc) is 3.17. The number of thioether (sulfide) groups is 2. The minimum absolute atomic E-state index is 0.0502. The van der Waals surface area contributed by atoms with Gasteiger partial charge in [-0.1, -0.05) is 66.7 Å². The van der Waals surface area contributed by atoms with E-state index in [1.807, 2.05) is 60.0 Å². The van der Waals surface area contributed by atoms with Crippen LogP contribution in [0.1, 0.15) is 29.4 Å². The Morgan fingerprint density at radius 3 is 2.69 bits per heavy atom. The highest BCUT2D eigenvalue weighted by Crippen LogP contribution is 2.24. The van der Waals surface area contributed by atoms with Crippen LogP contribution in [0.3, 0.4) is 0 Å². The molecule has 1 N–H and O–H groups in total. The molecule has 0 atom stereocenters. The Labute approximate surface area is 203 Å². The molecule has 0 aliphatic carbocycles. The molecule has 0 spiro atoms. The molecule has 0 bridgehead atoms. The Hall–Kier alpha value is -2.22. The van der Waals surface area contributed by atoms with Gasteiger partial charge in [-0.25, -0.2) is 0 Å². The van der Waals surface area contributed by atoms with Gasteiger partial charge < -0.3 is 9.88 Å². The zero-order chi connectivity index (χ0) is 22.9. The van der Waals surface area contributed by atoms with E-state index in [9.17, 15) is 4.79 Å². The number of hydrogen-bond acceptors (Lipinski definition) is 5. The number of halogens is 1. The Balaban J connectivity index is 1.59. The van der Waals surface area contributed by atoms with Crippen molar-refractivity contribution in [1.82, 2.24) is 14.8 Å². The van der Waals surface area contributed by atoms with E-state index in [2.05, 4.69) is 29.0 Å². The second-order valence-electron chi connectivity index (χ2n) is 7.22. The van der Waals surface area contributed by atoms with Crippen LogP contribution in [0.15, 0.2) is 60.3 Å². The van der Waals surface area contributed by atoms with Crippen LogP contribution in [0, 0.1) is 6.92 Å².